The monoisotopic (exact) mass is 483 g/mol. The van der Waals surface area contributed by atoms with Crippen LogP contribution in [0.15, 0.2) is 54.6 Å². The summed E-state index contributed by atoms with van der Waals surface area (Å²) >= 11 is 3.43. The topological polar surface area (TPSA) is 45.2 Å². The lowest BCUT2D eigenvalue weighted by atomic mass is 10.0. The maximum atomic E-state index is 12.9. The molecule has 0 fully saturated rings. The maximum Gasteiger partial charge on any atom is 0.229 e. The van der Waals surface area contributed by atoms with Crippen molar-refractivity contribution in [2.75, 3.05) is 11.9 Å². The molecule has 7 heteroatoms. The Hall–Kier alpha value is -2.25. The summed E-state index contributed by atoms with van der Waals surface area (Å²) in [7, 11) is 0. The molecule has 1 N–H and O–H groups in total. The zero-order valence-corrected chi connectivity index (χ0v) is 20.6. The summed E-state index contributed by atoms with van der Waals surface area (Å²) in [4.78, 5) is 21.7. The first kappa shape index (κ1) is 22.9. The number of aromatic nitrogens is 1. The fourth-order valence-electron chi connectivity index (χ4n) is 4.11. The third-order valence-corrected chi connectivity index (χ3v) is 7.97. The number of anilines is 1. The van der Waals surface area contributed by atoms with Crippen molar-refractivity contribution in [3.8, 4) is 10.6 Å². The molecule has 4 aromatic rings. The molecule has 2 aromatic carbocycles. The first-order valence-corrected chi connectivity index (χ1v) is 12.3. The van der Waals surface area contributed by atoms with E-state index >= 15 is 0 Å². The summed E-state index contributed by atoms with van der Waals surface area (Å²) in [6.45, 7) is 6.46. The third kappa shape index (κ3) is 4.59. The normalized spacial score (nSPS) is 13.7. The highest BCUT2D eigenvalue weighted by atomic mass is 35.5. The van der Waals surface area contributed by atoms with Crippen molar-refractivity contribution in [1.82, 2.24) is 9.88 Å². The van der Waals surface area contributed by atoms with Crippen molar-refractivity contribution in [3.05, 3.63) is 70.6 Å². The number of carbonyl (C=O) groups is 1. The van der Waals surface area contributed by atoms with Crippen LogP contribution in [-0.2, 0) is 24.2 Å². The molecule has 1 aliphatic rings. The van der Waals surface area contributed by atoms with Crippen molar-refractivity contribution < 1.29 is 4.79 Å². The molecule has 0 radical (unpaired) electrons. The molecule has 1 aliphatic heterocycles. The Morgan fingerprint density at radius 3 is 2.59 bits per heavy atom. The van der Waals surface area contributed by atoms with Crippen molar-refractivity contribution in [3.63, 3.8) is 0 Å². The molecule has 0 unspecified atom stereocenters. The predicted octanol–water partition coefficient (Wildman–Crippen LogP) is 6.39. The molecule has 0 saturated carbocycles. The molecule has 0 bridgehead atoms. The number of thiazole rings is 1. The molecule has 0 saturated heterocycles. The number of benzene rings is 2. The number of hydrogen-bond donors (Lipinski definition) is 1. The number of halogens is 1. The zero-order valence-electron chi connectivity index (χ0n) is 18.1. The number of para-hydroxylation sites is 1. The summed E-state index contributed by atoms with van der Waals surface area (Å²) < 4.78 is 1.18. The van der Waals surface area contributed by atoms with E-state index in [4.69, 9.17) is 4.98 Å². The first-order chi connectivity index (χ1) is 15.1. The van der Waals surface area contributed by atoms with Crippen LogP contribution >= 0.6 is 35.1 Å². The predicted molar refractivity (Wildman–Crippen MR) is 138 cm³/mol. The summed E-state index contributed by atoms with van der Waals surface area (Å²) in [6.07, 6.45) is 1.37. The molecule has 3 heterocycles. The number of thiophene rings is 1. The van der Waals surface area contributed by atoms with Gasteiger partial charge >= 0.3 is 0 Å². The minimum absolute atomic E-state index is 0. The van der Waals surface area contributed by atoms with Crippen molar-refractivity contribution in [2.45, 2.75) is 39.3 Å². The van der Waals surface area contributed by atoms with E-state index in [1.54, 1.807) is 22.7 Å². The van der Waals surface area contributed by atoms with Gasteiger partial charge in [-0.15, -0.1) is 35.1 Å². The standard InChI is InChI=1S/C25H25N3OS2.ClH/c1-16(2)28-13-12-18-21(15-28)31-25(27-22(29)14-17-8-4-3-5-9-17)23(18)24-26-19-10-6-7-11-20(19)30-24;/h3-11,16H,12-15H2,1-2H3,(H,27,29);1H. The van der Waals surface area contributed by atoms with Crippen LogP contribution in [0.3, 0.4) is 0 Å². The van der Waals surface area contributed by atoms with Crippen molar-refractivity contribution >= 4 is 56.2 Å². The van der Waals surface area contributed by atoms with Crippen LogP contribution in [0.1, 0.15) is 29.9 Å². The van der Waals surface area contributed by atoms with Crippen LogP contribution in [0.2, 0.25) is 0 Å². The highest BCUT2D eigenvalue weighted by molar-refractivity contribution is 7.22. The lowest BCUT2D eigenvalue weighted by Gasteiger charge is -2.30. The van der Waals surface area contributed by atoms with Gasteiger partial charge in [-0.2, -0.15) is 0 Å². The highest BCUT2D eigenvalue weighted by Crippen LogP contribution is 2.45. The highest BCUT2D eigenvalue weighted by Gasteiger charge is 2.28. The van der Waals surface area contributed by atoms with Gasteiger partial charge in [0.2, 0.25) is 5.91 Å². The SMILES string of the molecule is CC(C)N1CCc2c(sc(NC(=O)Cc3ccccc3)c2-c2nc3ccccc3s2)C1.Cl. The Bertz CT molecular complexity index is 1200. The van der Waals surface area contributed by atoms with E-state index in [0.29, 0.717) is 12.5 Å². The lowest BCUT2D eigenvalue weighted by molar-refractivity contribution is -0.115. The van der Waals surface area contributed by atoms with Crippen LogP contribution < -0.4 is 5.32 Å². The number of carbonyl (C=O) groups excluding carboxylic acids is 1. The lowest BCUT2D eigenvalue weighted by Crippen LogP contribution is -2.35. The average molecular weight is 484 g/mol. The van der Waals surface area contributed by atoms with Crippen LogP contribution in [0.25, 0.3) is 20.8 Å². The first-order valence-electron chi connectivity index (χ1n) is 10.7. The molecule has 4 nitrogen and oxygen atoms in total. The van der Waals surface area contributed by atoms with E-state index in [1.165, 1.54) is 15.1 Å². The maximum absolute atomic E-state index is 12.9. The van der Waals surface area contributed by atoms with Crippen LogP contribution in [0.5, 0.6) is 0 Å². The summed E-state index contributed by atoms with van der Waals surface area (Å²) in [6, 6.07) is 18.7. The van der Waals surface area contributed by atoms with Gasteiger partial charge < -0.3 is 5.32 Å². The number of nitrogens with one attached hydrogen (secondary N) is 1. The second-order valence-corrected chi connectivity index (χ2v) is 10.4. The van der Waals surface area contributed by atoms with Gasteiger partial charge in [-0.1, -0.05) is 42.5 Å². The Morgan fingerprint density at radius 2 is 1.84 bits per heavy atom. The Morgan fingerprint density at radius 1 is 1.09 bits per heavy atom. The smallest absolute Gasteiger partial charge is 0.229 e. The van der Waals surface area contributed by atoms with Gasteiger partial charge in [0.05, 0.1) is 16.6 Å². The van der Waals surface area contributed by atoms with Gasteiger partial charge in [-0.05, 0) is 43.5 Å². The second-order valence-electron chi connectivity index (χ2n) is 8.22. The van der Waals surface area contributed by atoms with Gasteiger partial charge in [0.25, 0.3) is 0 Å². The summed E-state index contributed by atoms with van der Waals surface area (Å²) in [5.41, 5.74) is 4.53. The van der Waals surface area contributed by atoms with Crippen LogP contribution in [0, 0.1) is 0 Å². The Balaban J connectivity index is 0.00000245. The molecule has 0 spiro atoms. The third-order valence-electron chi connectivity index (χ3n) is 5.78. The largest absolute Gasteiger partial charge is 0.317 e. The van der Waals surface area contributed by atoms with Gasteiger partial charge in [-0.25, -0.2) is 4.98 Å². The molecule has 0 atom stereocenters. The molecule has 2 aromatic heterocycles. The summed E-state index contributed by atoms with van der Waals surface area (Å²) in [5.74, 6) is 0.0212. The molecule has 166 valence electrons. The molecule has 1 amide bonds. The number of fused-ring (bicyclic) bond motifs is 2. The number of nitrogens with zero attached hydrogens (tertiary/aromatic N) is 2. The fraction of sp³-hybridized carbons (Fsp3) is 0.280. The van der Waals surface area contributed by atoms with E-state index in [2.05, 4.69) is 42.3 Å². The summed E-state index contributed by atoms with van der Waals surface area (Å²) in [5, 5.41) is 5.18. The van der Waals surface area contributed by atoms with Gasteiger partial charge in [0.1, 0.15) is 10.0 Å². The number of rotatable bonds is 5. The minimum atomic E-state index is 0. The second kappa shape index (κ2) is 9.71. The molecular weight excluding hydrogens is 458 g/mol. The molecule has 5 rings (SSSR count). The quantitative estimate of drug-likeness (QED) is 0.357. The van der Waals surface area contributed by atoms with Gasteiger partial charge in [0.15, 0.2) is 0 Å². The Labute approximate surface area is 202 Å². The molecular formula is C25H26ClN3OS2. The van der Waals surface area contributed by atoms with Crippen LogP contribution in [0.4, 0.5) is 5.00 Å². The minimum Gasteiger partial charge on any atom is -0.317 e. The molecule has 0 aliphatic carbocycles. The number of hydrogen-bond acceptors (Lipinski definition) is 5. The average Bonchev–Trinajstić information content (AvgIpc) is 3.34. The molecule has 32 heavy (non-hydrogen) atoms. The van der Waals surface area contributed by atoms with Crippen molar-refractivity contribution in [1.29, 1.82) is 0 Å². The van der Waals surface area contributed by atoms with E-state index in [1.807, 2.05) is 36.4 Å². The van der Waals surface area contributed by atoms with E-state index in [-0.39, 0.29) is 18.3 Å². The Kier molecular flexibility index (Phi) is 6.96. The number of amides is 1. The van der Waals surface area contributed by atoms with Gasteiger partial charge in [0, 0.05) is 29.6 Å². The van der Waals surface area contributed by atoms with Gasteiger partial charge in [-0.3, -0.25) is 9.69 Å². The zero-order chi connectivity index (χ0) is 21.4. The van der Waals surface area contributed by atoms with E-state index in [0.717, 1.165) is 46.2 Å². The van der Waals surface area contributed by atoms with E-state index < -0.39 is 0 Å². The van der Waals surface area contributed by atoms with E-state index in [9.17, 15) is 4.79 Å². The van der Waals surface area contributed by atoms with Crippen LogP contribution in [-0.4, -0.2) is 28.4 Å². The van der Waals surface area contributed by atoms with Crippen molar-refractivity contribution in [2.24, 2.45) is 0 Å². The fourth-order valence-corrected chi connectivity index (χ4v) is 6.51.